The molecule has 1 saturated heterocycles. The molecule has 2 heterocycles. The van der Waals surface area contributed by atoms with Crippen molar-refractivity contribution in [2.45, 2.75) is 24.9 Å². The number of hydrogen-bond acceptors (Lipinski definition) is 5. The topological polar surface area (TPSA) is 52.1 Å². The van der Waals surface area contributed by atoms with E-state index in [-0.39, 0.29) is 5.60 Å². The molecule has 0 aromatic heterocycles. The fraction of sp³-hybridized carbons (Fsp3) is 0.533. The first-order chi connectivity index (χ1) is 9.76. The van der Waals surface area contributed by atoms with Crippen molar-refractivity contribution in [2.24, 2.45) is 5.16 Å². The van der Waals surface area contributed by atoms with Crippen LogP contribution in [0.2, 0.25) is 0 Å². The van der Waals surface area contributed by atoms with Gasteiger partial charge in [0.15, 0.2) is 11.5 Å². The lowest BCUT2D eigenvalue weighted by Gasteiger charge is -2.30. The fourth-order valence-corrected chi connectivity index (χ4v) is 2.84. The third-order valence-electron chi connectivity index (χ3n) is 4.07. The maximum absolute atomic E-state index is 5.75. The molecule has 2 aliphatic heterocycles. The number of benzene rings is 1. The molecule has 1 fully saturated rings. The molecule has 0 bridgehead atoms. The Kier molecular flexibility index (Phi) is 3.53. The van der Waals surface area contributed by atoms with Gasteiger partial charge in [-0.1, -0.05) is 5.16 Å². The zero-order chi connectivity index (χ0) is 14.0. The summed E-state index contributed by atoms with van der Waals surface area (Å²) in [4.78, 5) is 5.75. The van der Waals surface area contributed by atoms with Gasteiger partial charge >= 0.3 is 0 Å². The van der Waals surface area contributed by atoms with Gasteiger partial charge in [-0.2, -0.15) is 0 Å². The molecule has 2 aliphatic rings. The Morgan fingerprint density at radius 1 is 1.15 bits per heavy atom. The first-order valence-electron chi connectivity index (χ1n) is 6.94. The van der Waals surface area contributed by atoms with Crippen molar-refractivity contribution < 1.29 is 14.3 Å². The average Bonchev–Trinajstić information content (AvgIpc) is 2.91. The van der Waals surface area contributed by atoms with E-state index in [1.54, 1.807) is 14.2 Å². The SMILES string of the molecule is COc1ccc(C2=NOC3(CCNCC3)C2)cc1OC. The summed E-state index contributed by atoms with van der Waals surface area (Å²) in [7, 11) is 3.28. The summed E-state index contributed by atoms with van der Waals surface area (Å²) < 4.78 is 10.6. The van der Waals surface area contributed by atoms with E-state index >= 15 is 0 Å². The number of hydrogen-bond donors (Lipinski definition) is 1. The maximum Gasteiger partial charge on any atom is 0.161 e. The molecule has 5 nitrogen and oxygen atoms in total. The lowest BCUT2D eigenvalue weighted by atomic mass is 9.86. The molecule has 1 aromatic carbocycles. The van der Waals surface area contributed by atoms with Crippen molar-refractivity contribution in [1.29, 1.82) is 0 Å². The van der Waals surface area contributed by atoms with Gasteiger partial charge in [0.2, 0.25) is 0 Å². The molecule has 0 aliphatic carbocycles. The van der Waals surface area contributed by atoms with Crippen molar-refractivity contribution in [3.8, 4) is 11.5 Å². The highest BCUT2D eigenvalue weighted by Gasteiger charge is 2.40. The second-order valence-corrected chi connectivity index (χ2v) is 5.31. The van der Waals surface area contributed by atoms with Gasteiger partial charge in [0.05, 0.1) is 19.9 Å². The second kappa shape index (κ2) is 5.32. The number of oxime groups is 1. The van der Waals surface area contributed by atoms with E-state index in [2.05, 4.69) is 10.5 Å². The quantitative estimate of drug-likeness (QED) is 0.917. The molecule has 0 amide bonds. The minimum atomic E-state index is -0.103. The molecule has 108 valence electrons. The van der Waals surface area contributed by atoms with Crippen LogP contribution in [0.25, 0.3) is 0 Å². The van der Waals surface area contributed by atoms with Crippen LogP contribution in [0.5, 0.6) is 11.5 Å². The first-order valence-corrected chi connectivity index (χ1v) is 6.94. The summed E-state index contributed by atoms with van der Waals surface area (Å²) in [6.45, 7) is 1.99. The van der Waals surface area contributed by atoms with Crippen LogP contribution in [0.15, 0.2) is 23.4 Å². The number of piperidine rings is 1. The Morgan fingerprint density at radius 3 is 2.60 bits per heavy atom. The van der Waals surface area contributed by atoms with E-state index in [4.69, 9.17) is 14.3 Å². The minimum absolute atomic E-state index is 0.103. The first kappa shape index (κ1) is 13.2. The molecule has 3 rings (SSSR count). The summed E-state index contributed by atoms with van der Waals surface area (Å²) in [6, 6.07) is 5.87. The summed E-state index contributed by atoms with van der Waals surface area (Å²) in [5.74, 6) is 1.45. The Balaban J connectivity index is 1.80. The lowest BCUT2D eigenvalue weighted by molar-refractivity contribution is -0.0400. The Labute approximate surface area is 118 Å². The predicted molar refractivity (Wildman–Crippen MR) is 76.6 cm³/mol. The van der Waals surface area contributed by atoms with E-state index in [1.165, 1.54) is 0 Å². The van der Waals surface area contributed by atoms with E-state index in [9.17, 15) is 0 Å². The summed E-state index contributed by atoms with van der Waals surface area (Å²) >= 11 is 0. The van der Waals surface area contributed by atoms with Gasteiger partial charge < -0.3 is 19.6 Å². The van der Waals surface area contributed by atoms with E-state index in [1.807, 2.05) is 18.2 Å². The molecule has 1 aromatic rings. The van der Waals surface area contributed by atoms with Gasteiger partial charge in [0.1, 0.15) is 5.60 Å². The van der Waals surface area contributed by atoms with Crippen molar-refractivity contribution in [2.75, 3.05) is 27.3 Å². The van der Waals surface area contributed by atoms with E-state index in [0.717, 1.165) is 55.1 Å². The molecule has 0 atom stereocenters. The second-order valence-electron chi connectivity index (χ2n) is 5.31. The van der Waals surface area contributed by atoms with Crippen molar-refractivity contribution in [1.82, 2.24) is 5.32 Å². The Morgan fingerprint density at radius 2 is 1.90 bits per heavy atom. The van der Waals surface area contributed by atoms with Crippen molar-refractivity contribution >= 4 is 5.71 Å². The van der Waals surface area contributed by atoms with E-state index < -0.39 is 0 Å². The fourth-order valence-electron chi connectivity index (χ4n) is 2.84. The van der Waals surface area contributed by atoms with Crippen LogP contribution in [0.1, 0.15) is 24.8 Å². The normalized spacial score (nSPS) is 20.4. The zero-order valence-corrected chi connectivity index (χ0v) is 11.9. The number of rotatable bonds is 3. The highest BCUT2D eigenvalue weighted by atomic mass is 16.7. The van der Waals surface area contributed by atoms with Crippen LogP contribution in [0, 0.1) is 0 Å². The van der Waals surface area contributed by atoms with Crippen LogP contribution in [-0.4, -0.2) is 38.6 Å². The predicted octanol–water partition coefficient (Wildman–Crippen LogP) is 1.95. The standard InChI is InChI=1S/C15H20N2O3/c1-18-13-4-3-11(9-14(13)19-2)12-10-15(20-17-12)5-7-16-8-6-15/h3-4,9,16H,5-8,10H2,1-2H3. The number of methoxy groups -OCH3 is 2. The number of nitrogens with one attached hydrogen (secondary N) is 1. The van der Waals surface area contributed by atoms with Crippen LogP contribution in [0.3, 0.4) is 0 Å². The highest BCUT2D eigenvalue weighted by Crippen LogP contribution is 2.36. The number of ether oxygens (including phenoxy) is 2. The van der Waals surface area contributed by atoms with Crippen molar-refractivity contribution in [3.05, 3.63) is 23.8 Å². The largest absolute Gasteiger partial charge is 0.493 e. The molecule has 0 saturated carbocycles. The number of nitrogens with zero attached hydrogens (tertiary/aromatic N) is 1. The minimum Gasteiger partial charge on any atom is -0.493 e. The highest BCUT2D eigenvalue weighted by molar-refractivity contribution is 6.02. The van der Waals surface area contributed by atoms with Gasteiger partial charge in [-0.3, -0.25) is 0 Å². The van der Waals surface area contributed by atoms with Gasteiger partial charge in [-0.25, -0.2) is 0 Å². The van der Waals surface area contributed by atoms with Crippen molar-refractivity contribution in [3.63, 3.8) is 0 Å². The van der Waals surface area contributed by atoms with Gasteiger partial charge in [-0.15, -0.1) is 0 Å². The van der Waals surface area contributed by atoms with Gasteiger partial charge in [-0.05, 0) is 31.3 Å². The smallest absolute Gasteiger partial charge is 0.161 e. The zero-order valence-electron chi connectivity index (χ0n) is 11.9. The molecular formula is C15H20N2O3. The van der Waals surface area contributed by atoms with Gasteiger partial charge in [0.25, 0.3) is 0 Å². The lowest BCUT2D eigenvalue weighted by Crippen LogP contribution is -2.42. The summed E-state index contributed by atoms with van der Waals surface area (Å²) in [5, 5.41) is 7.66. The van der Waals surface area contributed by atoms with Crippen LogP contribution < -0.4 is 14.8 Å². The van der Waals surface area contributed by atoms with E-state index in [0.29, 0.717) is 0 Å². The molecular weight excluding hydrogens is 256 g/mol. The molecule has 1 N–H and O–H groups in total. The molecule has 20 heavy (non-hydrogen) atoms. The summed E-state index contributed by atoms with van der Waals surface area (Å²) in [5.41, 5.74) is 1.93. The average molecular weight is 276 g/mol. The van der Waals surface area contributed by atoms with Crippen LogP contribution >= 0.6 is 0 Å². The monoisotopic (exact) mass is 276 g/mol. The Hall–Kier alpha value is -1.75. The third-order valence-corrected chi connectivity index (χ3v) is 4.07. The van der Waals surface area contributed by atoms with Crippen LogP contribution in [-0.2, 0) is 4.84 Å². The Bertz CT molecular complexity index is 522. The summed E-state index contributed by atoms with van der Waals surface area (Å²) in [6.07, 6.45) is 2.88. The third kappa shape index (κ3) is 2.33. The van der Waals surface area contributed by atoms with Crippen LogP contribution in [0.4, 0.5) is 0 Å². The molecule has 0 unspecified atom stereocenters. The molecule has 0 radical (unpaired) electrons. The van der Waals surface area contributed by atoms with Gasteiger partial charge in [0, 0.05) is 24.8 Å². The molecule has 1 spiro atoms. The molecule has 5 heteroatoms. The maximum atomic E-state index is 5.75.